The molecule has 0 N–H and O–H groups in total. The molecule has 20 heavy (non-hydrogen) atoms. The topological polar surface area (TPSA) is 21.6 Å². The molecule has 0 bridgehead atoms. The monoisotopic (exact) mass is 387 g/mol. The van der Waals surface area contributed by atoms with Crippen molar-refractivity contribution in [1.29, 1.82) is 0 Å². The van der Waals surface area contributed by atoms with E-state index in [9.17, 15) is 13.2 Å². The summed E-state index contributed by atoms with van der Waals surface area (Å²) in [6.45, 7) is 0. The van der Waals surface area contributed by atoms with E-state index in [1.54, 1.807) is 0 Å². The molecule has 1 atom stereocenters. The third kappa shape index (κ3) is 2.82. The van der Waals surface area contributed by atoms with Gasteiger partial charge in [0.1, 0.15) is 0 Å². The molecular weight excluding hydrogens is 382 g/mol. The summed E-state index contributed by atoms with van der Waals surface area (Å²) in [5.74, 6) is 0. The molecular formula is C12H7BrCl2F3NO. The smallest absolute Gasteiger partial charge is 0.374 e. The quantitative estimate of drug-likeness (QED) is 0.661. The van der Waals surface area contributed by atoms with Gasteiger partial charge in [-0.2, -0.15) is 13.2 Å². The summed E-state index contributed by atoms with van der Waals surface area (Å²) < 4.78 is 40.4. The van der Waals surface area contributed by atoms with Gasteiger partial charge in [-0.1, -0.05) is 44.3 Å². The average molecular weight is 389 g/mol. The van der Waals surface area contributed by atoms with E-state index in [1.807, 2.05) is 0 Å². The number of allylic oxidation sites excluding steroid dienone is 1. The van der Waals surface area contributed by atoms with Gasteiger partial charge in [0.15, 0.2) is 0 Å². The summed E-state index contributed by atoms with van der Waals surface area (Å²) in [4.78, 5) is 6.15. The Balaban J connectivity index is 2.51. The highest BCUT2D eigenvalue weighted by Crippen LogP contribution is 2.49. The summed E-state index contributed by atoms with van der Waals surface area (Å²) in [6.07, 6.45) is -3.72. The van der Waals surface area contributed by atoms with Crippen LogP contribution in [0.5, 0.6) is 0 Å². The predicted octanol–water partition coefficient (Wildman–Crippen LogP) is 5.44. The van der Waals surface area contributed by atoms with Crippen molar-refractivity contribution in [3.63, 3.8) is 0 Å². The normalized spacial score (nSPS) is 23.0. The lowest BCUT2D eigenvalue weighted by Gasteiger charge is -2.29. The minimum Gasteiger partial charge on any atom is -0.374 e. The summed E-state index contributed by atoms with van der Waals surface area (Å²) in [7, 11) is 0. The number of benzene rings is 1. The van der Waals surface area contributed by atoms with Crippen LogP contribution >= 0.6 is 39.1 Å². The summed E-state index contributed by atoms with van der Waals surface area (Å²) >= 11 is 14.5. The molecule has 0 saturated heterocycles. The fourth-order valence-corrected chi connectivity index (χ4v) is 2.71. The fourth-order valence-electron chi connectivity index (χ4n) is 1.88. The van der Waals surface area contributed by atoms with E-state index >= 15 is 0 Å². The van der Waals surface area contributed by atoms with E-state index in [4.69, 9.17) is 28.0 Å². The lowest BCUT2D eigenvalue weighted by Crippen LogP contribution is -2.42. The molecule has 0 aliphatic carbocycles. The number of rotatable bonds is 2. The number of halogens is 6. The third-order valence-corrected chi connectivity index (χ3v) is 3.49. The highest BCUT2D eigenvalue weighted by atomic mass is 79.9. The number of nitrogens with zero attached hydrogens (tertiary/aromatic N) is 1. The van der Waals surface area contributed by atoms with Crippen LogP contribution in [-0.4, -0.2) is 11.9 Å². The van der Waals surface area contributed by atoms with Crippen LogP contribution in [0, 0.1) is 0 Å². The van der Waals surface area contributed by atoms with Crippen molar-refractivity contribution in [3.8, 4) is 0 Å². The van der Waals surface area contributed by atoms with Gasteiger partial charge in [-0.25, -0.2) is 0 Å². The van der Waals surface area contributed by atoms with Crippen LogP contribution in [0.25, 0.3) is 0 Å². The largest absolute Gasteiger partial charge is 0.435 e. The van der Waals surface area contributed by atoms with Crippen LogP contribution in [0.1, 0.15) is 12.0 Å². The first kappa shape index (κ1) is 15.7. The van der Waals surface area contributed by atoms with Gasteiger partial charge in [0, 0.05) is 22.0 Å². The second-order valence-corrected chi connectivity index (χ2v) is 5.53. The van der Waals surface area contributed by atoms with Gasteiger partial charge in [0.2, 0.25) is 0 Å². The van der Waals surface area contributed by atoms with Crippen LogP contribution in [-0.2, 0) is 10.4 Å². The molecule has 0 saturated carbocycles. The fraction of sp³-hybridized carbons (Fsp3) is 0.250. The van der Waals surface area contributed by atoms with Crippen molar-refractivity contribution in [2.75, 3.05) is 0 Å². The maximum atomic E-state index is 13.5. The standard InChI is InChI=1S/C12H7BrCl2F3NO/c13-2-1-10-6-11(20-19-10,12(16,17)18)7-3-8(14)5-9(15)4-7/h1-5H,6H2. The highest BCUT2D eigenvalue weighted by Gasteiger charge is 2.62. The SMILES string of the molecule is FC(F)(F)C1(c2cc(Cl)cc(Cl)c2)CC(C=CBr)=NO1. The van der Waals surface area contributed by atoms with Crippen molar-refractivity contribution < 1.29 is 18.0 Å². The van der Waals surface area contributed by atoms with Crippen LogP contribution in [0.4, 0.5) is 13.2 Å². The maximum Gasteiger partial charge on any atom is 0.435 e. The van der Waals surface area contributed by atoms with Crippen molar-refractivity contribution in [2.45, 2.75) is 18.2 Å². The lowest BCUT2D eigenvalue weighted by molar-refractivity contribution is -0.275. The predicted molar refractivity (Wildman–Crippen MR) is 75.4 cm³/mol. The summed E-state index contributed by atoms with van der Waals surface area (Å²) in [5, 5.41) is 3.68. The second-order valence-electron chi connectivity index (χ2n) is 4.13. The molecule has 108 valence electrons. The Bertz CT molecular complexity index is 568. The molecule has 8 heteroatoms. The zero-order valence-corrected chi connectivity index (χ0v) is 12.8. The summed E-state index contributed by atoms with van der Waals surface area (Å²) in [6, 6.07) is 3.71. The van der Waals surface area contributed by atoms with Crippen molar-refractivity contribution in [1.82, 2.24) is 0 Å². The Morgan fingerprint density at radius 3 is 2.35 bits per heavy atom. The van der Waals surface area contributed by atoms with Gasteiger partial charge in [-0.15, -0.1) is 0 Å². The van der Waals surface area contributed by atoms with E-state index in [2.05, 4.69) is 21.1 Å². The average Bonchev–Trinajstić information content (AvgIpc) is 2.73. The molecule has 0 spiro atoms. The molecule has 2 nitrogen and oxygen atoms in total. The highest BCUT2D eigenvalue weighted by molar-refractivity contribution is 9.11. The second kappa shape index (κ2) is 5.58. The number of oxime groups is 1. The van der Waals surface area contributed by atoms with E-state index in [0.717, 1.165) is 0 Å². The molecule has 1 heterocycles. The minimum atomic E-state index is -4.66. The molecule has 0 radical (unpaired) electrons. The number of alkyl halides is 3. The maximum absolute atomic E-state index is 13.5. The van der Waals surface area contributed by atoms with Gasteiger partial charge >= 0.3 is 6.18 Å². The van der Waals surface area contributed by atoms with Gasteiger partial charge < -0.3 is 4.84 Å². The van der Waals surface area contributed by atoms with E-state index in [0.29, 0.717) is 0 Å². The number of hydrogen-bond acceptors (Lipinski definition) is 2. The Morgan fingerprint density at radius 1 is 1.25 bits per heavy atom. The van der Waals surface area contributed by atoms with E-state index in [-0.39, 0.29) is 21.3 Å². The van der Waals surface area contributed by atoms with E-state index in [1.165, 1.54) is 29.3 Å². The van der Waals surface area contributed by atoms with E-state index < -0.39 is 18.2 Å². The van der Waals surface area contributed by atoms with Crippen LogP contribution in [0.3, 0.4) is 0 Å². The number of hydrogen-bond donors (Lipinski definition) is 0. The first-order valence-corrected chi connectivity index (χ1v) is 7.01. The van der Waals surface area contributed by atoms with Crippen LogP contribution in [0.15, 0.2) is 34.4 Å². The van der Waals surface area contributed by atoms with Gasteiger partial charge in [0.25, 0.3) is 5.60 Å². The molecule has 1 aliphatic heterocycles. The molecule has 0 amide bonds. The zero-order valence-electron chi connectivity index (χ0n) is 9.72. The van der Waals surface area contributed by atoms with Crippen molar-refractivity contribution in [2.24, 2.45) is 5.16 Å². The first-order valence-electron chi connectivity index (χ1n) is 5.33. The molecule has 0 fully saturated rings. The molecule has 1 aromatic rings. The molecule has 1 aliphatic rings. The summed E-state index contributed by atoms with van der Waals surface area (Å²) in [5.41, 5.74) is -2.58. The van der Waals surface area contributed by atoms with Gasteiger partial charge in [-0.05, 0) is 29.3 Å². The van der Waals surface area contributed by atoms with Crippen molar-refractivity contribution in [3.05, 3.63) is 44.9 Å². The first-order chi connectivity index (χ1) is 9.28. The van der Waals surface area contributed by atoms with Crippen molar-refractivity contribution >= 4 is 44.8 Å². The van der Waals surface area contributed by atoms with Crippen LogP contribution in [0.2, 0.25) is 10.0 Å². The molecule has 2 rings (SSSR count). The third-order valence-electron chi connectivity index (χ3n) is 2.79. The van der Waals surface area contributed by atoms with Gasteiger partial charge in [-0.3, -0.25) is 0 Å². The molecule has 1 aromatic carbocycles. The molecule has 0 aromatic heterocycles. The van der Waals surface area contributed by atoms with Crippen LogP contribution < -0.4 is 0 Å². The Hall–Kier alpha value is -0.720. The minimum absolute atomic E-state index is 0.101. The Morgan fingerprint density at radius 2 is 1.85 bits per heavy atom. The zero-order chi connectivity index (χ0) is 15.0. The Labute approximate surface area is 131 Å². The Kier molecular flexibility index (Phi) is 4.37. The molecule has 1 unspecified atom stereocenters. The van der Waals surface area contributed by atoms with Gasteiger partial charge in [0.05, 0.1) is 5.71 Å². The lowest BCUT2D eigenvalue weighted by atomic mass is 9.88.